The second-order valence-corrected chi connectivity index (χ2v) is 8.86. The lowest BCUT2D eigenvalue weighted by molar-refractivity contribution is -0.142. The summed E-state index contributed by atoms with van der Waals surface area (Å²) in [6.07, 6.45) is 0.0558. The molecule has 0 N–H and O–H groups in total. The molecule has 2 aromatic rings. The Labute approximate surface area is 198 Å². The van der Waals surface area contributed by atoms with E-state index >= 15 is 0 Å². The molecule has 0 saturated carbocycles. The number of rotatable bonds is 7. The lowest BCUT2D eigenvalue weighted by Crippen LogP contribution is -2.45. The van der Waals surface area contributed by atoms with Gasteiger partial charge in [-0.2, -0.15) is 0 Å². The molecule has 0 bridgehead atoms. The van der Waals surface area contributed by atoms with Crippen molar-refractivity contribution in [3.8, 4) is 11.5 Å². The van der Waals surface area contributed by atoms with Gasteiger partial charge >= 0.3 is 5.97 Å². The van der Waals surface area contributed by atoms with Gasteiger partial charge in [0.15, 0.2) is 5.78 Å². The molecule has 0 radical (unpaired) electrons. The Balaban J connectivity index is 1.64. The predicted molar refractivity (Wildman–Crippen MR) is 124 cm³/mol. The summed E-state index contributed by atoms with van der Waals surface area (Å²) in [5.41, 5.74) is 1.31. The number of halogens is 1. The number of hydrogen-bond donors (Lipinski definition) is 0. The minimum atomic E-state index is -0.951. The number of Topliss-reactive ketones (excluding diaryl/α,β-unsaturated/α-hetero) is 1. The predicted octanol–water partition coefficient (Wildman–Crippen LogP) is 3.88. The average molecular weight is 472 g/mol. The third-order valence-electron chi connectivity index (χ3n) is 6.11. The van der Waals surface area contributed by atoms with Crippen LogP contribution in [0, 0.1) is 12.7 Å². The van der Waals surface area contributed by atoms with Crippen molar-refractivity contribution in [3.05, 3.63) is 52.8 Å². The summed E-state index contributed by atoms with van der Waals surface area (Å²) in [6, 6.07) is 8.36. The molecule has 2 aromatic carbocycles. The minimum absolute atomic E-state index is 0.0147. The zero-order valence-electron chi connectivity index (χ0n) is 19.8. The molecule has 7 nitrogen and oxygen atoms in total. The maximum Gasteiger partial charge on any atom is 0.310 e. The number of ketones is 1. The zero-order chi connectivity index (χ0) is 24.3. The number of anilines is 1. The van der Waals surface area contributed by atoms with Gasteiger partial charge in [-0.25, -0.2) is 4.39 Å². The highest BCUT2D eigenvalue weighted by Gasteiger charge is 2.39. The summed E-state index contributed by atoms with van der Waals surface area (Å²) in [5, 5.41) is 0. The molecule has 1 fully saturated rings. The van der Waals surface area contributed by atoms with Crippen LogP contribution in [0.1, 0.15) is 41.8 Å². The van der Waals surface area contributed by atoms with Crippen molar-refractivity contribution in [3.63, 3.8) is 0 Å². The molecule has 2 aliphatic rings. The van der Waals surface area contributed by atoms with Gasteiger partial charge in [0, 0.05) is 30.4 Å². The molecule has 0 amide bonds. The van der Waals surface area contributed by atoms with Crippen LogP contribution in [-0.4, -0.2) is 56.9 Å². The van der Waals surface area contributed by atoms with E-state index in [2.05, 4.69) is 4.90 Å². The van der Waals surface area contributed by atoms with Gasteiger partial charge in [0.1, 0.15) is 29.5 Å². The molecule has 2 heterocycles. The van der Waals surface area contributed by atoms with E-state index in [1.165, 1.54) is 6.07 Å². The van der Waals surface area contributed by atoms with Crippen LogP contribution in [0.3, 0.4) is 0 Å². The van der Waals surface area contributed by atoms with E-state index < -0.39 is 11.6 Å². The molecule has 1 saturated heterocycles. The highest BCUT2D eigenvalue weighted by atomic mass is 19.1. The number of morpholine rings is 1. The second-order valence-electron chi connectivity index (χ2n) is 8.86. The Morgan fingerprint density at radius 1 is 1.24 bits per heavy atom. The van der Waals surface area contributed by atoms with Gasteiger partial charge in [-0.1, -0.05) is 6.07 Å². The maximum absolute atomic E-state index is 13.9. The Morgan fingerprint density at radius 3 is 2.74 bits per heavy atom. The van der Waals surface area contributed by atoms with Crippen LogP contribution in [0.4, 0.5) is 10.1 Å². The van der Waals surface area contributed by atoms with Gasteiger partial charge in [0.05, 0.1) is 38.2 Å². The number of carbonyl (C=O) groups is 2. The van der Waals surface area contributed by atoms with Gasteiger partial charge in [-0.15, -0.1) is 0 Å². The topological polar surface area (TPSA) is 74.3 Å². The molecule has 0 aliphatic carbocycles. The lowest BCUT2D eigenvalue weighted by Gasteiger charge is -2.37. The fraction of sp³-hybridized carbons (Fsp3) is 0.462. The minimum Gasteiger partial charge on any atom is -0.489 e. The maximum atomic E-state index is 13.9. The molecule has 34 heavy (non-hydrogen) atoms. The molecular formula is C26H30FNO6. The van der Waals surface area contributed by atoms with Crippen LogP contribution in [-0.2, 0) is 20.7 Å². The van der Waals surface area contributed by atoms with Crippen LogP contribution in [0.15, 0.2) is 30.3 Å². The van der Waals surface area contributed by atoms with E-state index in [1.807, 2.05) is 12.1 Å². The SMILES string of the molecule is CCOC(=O)Cc1cc(N2CCOCC2)cc2c1C(=O)CC(C)(COc1cccc(F)c1C)O2. The van der Waals surface area contributed by atoms with Crippen LogP contribution >= 0.6 is 0 Å². The molecule has 4 rings (SSSR count). The molecule has 8 heteroatoms. The van der Waals surface area contributed by atoms with Gasteiger partial charge in [0.2, 0.25) is 0 Å². The summed E-state index contributed by atoms with van der Waals surface area (Å²) in [5.74, 6) is -0.0480. The fourth-order valence-corrected chi connectivity index (χ4v) is 4.35. The van der Waals surface area contributed by atoms with E-state index in [0.717, 1.165) is 5.69 Å². The van der Waals surface area contributed by atoms with Crippen molar-refractivity contribution < 1.29 is 32.9 Å². The normalized spacial score (nSPS) is 19.9. The number of carbonyl (C=O) groups excluding carboxylic acids is 2. The molecule has 0 aromatic heterocycles. The van der Waals surface area contributed by atoms with Crippen LogP contribution in [0.5, 0.6) is 11.5 Å². The van der Waals surface area contributed by atoms with E-state index in [4.69, 9.17) is 18.9 Å². The molecule has 1 unspecified atom stereocenters. The Morgan fingerprint density at radius 2 is 2.00 bits per heavy atom. The zero-order valence-corrected chi connectivity index (χ0v) is 19.8. The van der Waals surface area contributed by atoms with Crippen LogP contribution in [0.2, 0.25) is 0 Å². The van der Waals surface area contributed by atoms with E-state index in [1.54, 1.807) is 32.9 Å². The number of nitrogens with zero attached hydrogens (tertiary/aromatic N) is 1. The summed E-state index contributed by atoms with van der Waals surface area (Å²) in [6.45, 7) is 8.12. The first kappa shape index (κ1) is 24.0. The van der Waals surface area contributed by atoms with Crippen molar-refractivity contribution >= 4 is 17.4 Å². The summed E-state index contributed by atoms with van der Waals surface area (Å²) in [4.78, 5) is 27.7. The Bertz CT molecular complexity index is 1080. The number of fused-ring (bicyclic) bond motifs is 1. The highest BCUT2D eigenvalue weighted by molar-refractivity contribution is 6.03. The fourth-order valence-electron chi connectivity index (χ4n) is 4.35. The third kappa shape index (κ3) is 5.17. The smallest absolute Gasteiger partial charge is 0.310 e. The molecule has 182 valence electrons. The highest BCUT2D eigenvalue weighted by Crippen LogP contribution is 2.39. The molecule has 1 atom stereocenters. The van der Waals surface area contributed by atoms with Gasteiger partial charge in [-0.3, -0.25) is 9.59 Å². The van der Waals surface area contributed by atoms with Gasteiger partial charge in [0.25, 0.3) is 0 Å². The summed E-state index contributed by atoms with van der Waals surface area (Å²) < 4.78 is 36.7. The second kappa shape index (κ2) is 10.0. The van der Waals surface area contributed by atoms with E-state index in [-0.39, 0.29) is 37.7 Å². The first-order valence-electron chi connectivity index (χ1n) is 11.5. The summed E-state index contributed by atoms with van der Waals surface area (Å²) >= 11 is 0. The average Bonchev–Trinajstić information content (AvgIpc) is 2.80. The molecule has 2 aliphatic heterocycles. The molecular weight excluding hydrogens is 441 g/mol. The van der Waals surface area contributed by atoms with E-state index in [9.17, 15) is 14.0 Å². The number of esters is 1. The van der Waals surface area contributed by atoms with E-state index in [0.29, 0.717) is 54.5 Å². The number of ether oxygens (including phenoxy) is 4. The van der Waals surface area contributed by atoms with Crippen molar-refractivity contribution in [2.45, 2.75) is 39.2 Å². The van der Waals surface area contributed by atoms with Crippen molar-refractivity contribution in [1.82, 2.24) is 0 Å². The lowest BCUT2D eigenvalue weighted by atomic mass is 9.88. The Kier molecular flexibility index (Phi) is 7.07. The standard InChI is InChI=1S/C26H30FNO6/c1-4-32-24(30)13-18-12-19(28-8-10-31-11-9-28)14-23-25(18)21(29)15-26(3,34-23)16-33-22-7-5-6-20(27)17(22)2/h5-7,12,14H,4,8-11,13,15-16H2,1-3H3. The third-order valence-corrected chi connectivity index (χ3v) is 6.11. The number of benzene rings is 2. The summed E-state index contributed by atoms with van der Waals surface area (Å²) in [7, 11) is 0. The quantitative estimate of drug-likeness (QED) is 0.568. The van der Waals surface area contributed by atoms with Gasteiger partial charge < -0.3 is 23.8 Å². The number of hydrogen-bond acceptors (Lipinski definition) is 7. The monoisotopic (exact) mass is 471 g/mol. The van der Waals surface area contributed by atoms with Gasteiger partial charge in [-0.05, 0) is 44.5 Å². The Hall–Kier alpha value is -3.13. The molecule has 0 spiro atoms. The van der Waals surface area contributed by atoms with Crippen molar-refractivity contribution in [2.75, 3.05) is 44.4 Å². The largest absolute Gasteiger partial charge is 0.489 e. The van der Waals surface area contributed by atoms with Crippen LogP contribution in [0.25, 0.3) is 0 Å². The van der Waals surface area contributed by atoms with Crippen LogP contribution < -0.4 is 14.4 Å². The van der Waals surface area contributed by atoms with Crippen molar-refractivity contribution in [1.29, 1.82) is 0 Å². The first-order chi connectivity index (χ1) is 16.3. The van der Waals surface area contributed by atoms with Crippen molar-refractivity contribution in [2.24, 2.45) is 0 Å². The first-order valence-corrected chi connectivity index (χ1v) is 11.5.